The fraction of sp³-hybridized carbons (Fsp3) is 0.393. The number of carbonyl (C=O) groups excluding carboxylic acids is 4. The molecule has 5 heterocycles. The smallest absolute Gasteiger partial charge is 0.322 e. The number of piperidine rings is 1. The number of methoxy groups -OCH3 is 1. The van der Waals surface area contributed by atoms with Gasteiger partial charge in [0.05, 0.1) is 19.6 Å². The van der Waals surface area contributed by atoms with Crippen LogP contribution in [0.4, 0.5) is 10.6 Å². The molecule has 0 saturated carbocycles. The lowest BCUT2D eigenvalue weighted by molar-refractivity contribution is -0.148. The number of pyridine rings is 1. The highest BCUT2D eigenvalue weighted by Crippen LogP contribution is 2.29. The average Bonchev–Trinajstić information content (AvgIpc) is 3.62. The number of aromatic nitrogens is 1. The molecule has 2 unspecified atom stereocenters. The molecule has 0 aliphatic carbocycles. The van der Waals surface area contributed by atoms with Crippen molar-refractivity contribution in [2.75, 3.05) is 38.8 Å². The normalized spacial score (nSPS) is 20.0. The van der Waals surface area contributed by atoms with Gasteiger partial charge in [0.1, 0.15) is 22.8 Å². The van der Waals surface area contributed by atoms with E-state index in [4.69, 9.17) is 13.9 Å². The van der Waals surface area contributed by atoms with Crippen molar-refractivity contribution in [3.8, 4) is 5.75 Å². The second-order valence-corrected chi connectivity index (χ2v) is 9.82. The minimum absolute atomic E-state index is 0.0777. The third kappa shape index (κ3) is 5.42. The quantitative estimate of drug-likeness (QED) is 0.363. The topological polar surface area (TPSA) is 143 Å². The first kappa shape index (κ1) is 27.0. The van der Waals surface area contributed by atoms with Crippen molar-refractivity contribution in [3.63, 3.8) is 0 Å². The number of nitrogens with zero attached hydrogens (tertiary/aromatic N) is 3. The number of urea groups is 1. The number of hydrogen-bond acceptors (Lipinski definition) is 9. The molecule has 2 saturated heterocycles. The molecule has 0 bridgehead atoms. The van der Waals surface area contributed by atoms with Gasteiger partial charge in [-0.25, -0.2) is 9.78 Å². The average molecular weight is 550 g/mol. The second-order valence-electron chi connectivity index (χ2n) is 9.82. The van der Waals surface area contributed by atoms with Gasteiger partial charge < -0.3 is 29.0 Å². The molecule has 12 nitrogen and oxygen atoms in total. The van der Waals surface area contributed by atoms with Crippen LogP contribution in [0.1, 0.15) is 47.5 Å². The molecule has 12 heteroatoms. The molecule has 40 heavy (non-hydrogen) atoms. The van der Waals surface area contributed by atoms with E-state index < -0.39 is 18.0 Å². The van der Waals surface area contributed by atoms with E-state index in [-0.39, 0.29) is 17.8 Å². The molecule has 3 aromatic rings. The van der Waals surface area contributed by atoms with Crippen LogP contribution in [-0.4, -0.2) is 67.6 Å². The molecule has 210 valence electrons. The number of fused-ring (bicyclic) bond motifs is 2. The van der Waals surface area contributed by atoms with E-state index in [2.05, 4.69) is 20.5 Å². The maximum atomic E-state index is 12.0. The van der Waals surface area contributed by atoms with Crippen LogP contribution < -0.4 is 20.3 Å². The van der Waals surface area contributed by atoms with Crippen molar-refractivity contribution in [2.24, 2.45) is 5.92 Å². The highest BCUT2D eigenvalue weighted by Gasteiger charge is 2.34. The fourth-order valence-electron chi connectivity index (χ4n) is 5.06. The molecule has 6 rings (SSSR count). The molecule has 4 amide bonds. The highest BCUT2D eigenvalue weighted by atomic mass is 16.5. The second kappa shape index (κ2) is 11.2. The number of hydrogen-bond donors (Lipinski definition) is 2. The van der Waals surface area contributed by atoms with Gasteiger partial charge in [0.25, 0.3) is 11.8 Å². The largest absolute Gasteiger partial charge is 0.497 e. The van der Waals surface area contributed by atoms with Crippen LogP contribution in [0.3, 0.4) is 0 Å². The lowest BCUT2D eigenvalue weighted by Crippen LogP contribution is -2.39. The number of amides is 4. The van der Waals surface area contributed by atoms with Gasteiger partial charge in [-0.2, -0.15) is 0 Å². The maximum absolute atomic E-state index is 12.0. The monoisotopic (exact) mass is 549 g/mol. The van der Waals surface area contributed by atoms with Crippen LogP contribution in [0.25, 0.3) is 11.1 Å². The summed E-state index contributed by atoms with van der Waals surface area (Å²) in [6, 6.07) is 9.49. The van der Waals surface area contributed by atoms with Crippen LogP contribution in [-0.2, 0) is 20.9 Å². The lowest BCUT2D eigenvalue weighted by Gasteiger charge is -2.32. The highest BCUT2D eigenvalue weighted by molar-refractivity contribution is 6.04. The van der Waals surface area contributed by atoms with Gasteiger partial charge in [-0.1, -0.05) is 6.07 Å². The summed E-state index contributed by atoms with van der Waals surface area (Å²) in [5.74, 6) is 1.11. The molecular weight excluding hydrogens is 518 g/mol. The van der Waals surface area contributed by atoms with Gasteiger partial charge in [-0.15, -0.1) is 0 Å². The van der Waals surface area contributed by atoms with E-state index >= 15 is 0 Å². The standard InChI is InChI=1S/C18H20N4O5.C10H11NO2/c1-2-26-17(24)10-4-3-7-22(9-10)14-6-5-12-11(19-14)8-13(27-12)15-16(23)21-18(25)20-15;1-11-6-7-3-4-8(13-2)5-9(7)10(11)12/h5-6,8,10,15H,2-4,7,9H2,1H3,(H2,20,21,23,25);3-5H,6H2,1-2H3. The summed E-state index contributed by atoms with van der Waals surface area (Å²) in [7, 11) is 3.40. The molecule has 2 fully saturated rings. The molecule has 2 atom stereocenters. The van der Waals surface area contributed by atoms with Crippen LogP contribution in [0.5, 0.6) is 5.75 Å². The number of esters is 1. The maximum Gasteiger partial charge on any atom is 0.322 e. The molecule has 0 spiro atoms. The molecule has 2 aromatic heterocycles. The summed E-state index contributed by atoms with van der Waals surface area (Å²) in [5.41, 5.74) is 2.96. The Balaban J connectivity index is 0.000000207. The molecule has 3 aliphatic heterocycles. The summed E-state index contributed by atoms with van der Waals surface area (Å²) >= 11 is 0. The summed E-state index contributed by atoms with van der Waals surface area (Å²) in [6.45, 7) is 4.25. The lowest BCUT2D eigenvalue weighted by atomic mass is 9.98. The van der Waals surface area contributed by atoms with Crippen LogP contribution in [0, 0.1) is 5.92 Å². The Kier molecular flexibility index (Phi) is 7.58. The number of benzene rings is 1. The number of rotatable bonds is 5. The van der Waals surface area contributed by atoms with E-state index in [1.807, 2.05) is 18.2 Å². The molecular formula is C28H31N5O7. The Morgan fingerprint density at radius 2 is 2.00 bits per heavy atom. The first-order valence-electron chi connectivity index (χ1n) is 13.1. The third-order valence-electron chi connectivity index (χ3n) is 7.10. The fourth-order valence-corrected chi connectivity index (χ4v) is 5.06. The van der Waals surface area contributed by atoms with Crippen molar-refractivity contribution < 1.29 is 33.1 Å². The number of ether oxygens (including phenoxy) is 2. The zero-order valence-electron chi connectivity index (χ0n) is 22.6. The van der Waals surface area contributed by atoms with Gasteiger partial charge in [-0.05, 0) is 49.6 Å². The molecule has 1 aromatic carbocycles. The van der Waals surface area contributed by atoms with Crippen molar-refractivity contribution in [3.05, 3.63) is 53.3 Å². The Morgan fingerprint density at radius 3 is 2.73 bits per heavy atom. The minimum Gasteiger partial charge on any atom is -0.497 e. The third-order valence-corrected chi connectivity index (χ3v) is 7.10. The van der Waals surface area contributed by atoms with Gasteiger partial charge in [0.2, 0.25) is 0 Å². The van der Waals surface area contributed by atoms with Crippen LogP contribution in [0.2, 0.25) is 0 Å². The minimum atomic E-state index is -0.849. The molecule has 2 N–H and O–H groups in total. The number of carbonyl (C=O) groups is 4. The van der Waals surface area contributed by atoms with E-state index in [0.29, 0.717) is 36.6 Å². The summed E-state index contributed by atoms with van der Waals surface area (Å²) in [5, 5.41) is 4.68. The molecule has 3 aliphatic rings. The summed E-state index contributed by atoms with van der Waals surface area (Å²) in [6.07, 6.45) is 1.69. The van der Waals surface area contributed by atoms with E-state index in [1.165, 1.54) is 0 Å². The van der Waals surface area contributed by atoms with E-state index in [0.717, 1.165) is 42.1 Å². The summed E-state index contributed by atoms with van der Waals surface area (Å²) < 4.78 is 15.9. The van der Waals surface area contributed by atoms with Gasteiger partial charge in [-0.3, -0.25) is 19.7 Å². The number of imide groups is 1. The Bertz CT molecular complexity index is 1470. The van der Waals surface area contributed by atoms with Gasteiger partial charge in [0, 0.05) is 38.3 Å². The zero-order valence-corrected chi connectivity index (χ0v) is 22.6. The Labute approximate surface area is 230 Å². The van der Waals surface area contributed by atoms with Crippen molar-refractivity contribution in [1.29, 1.82) is 0 Å². The Hall–Kier alpha value is -4.61. The number of furan rings is 1. The van der Waals surface area contributed by atoms with Gasteiger partial charge in [0.15, 0.2) is 11.6 Å². The van der Waals surface area contributed by atoms with Crippen molar-refractivity contribution >= 4 is 40.7 Å². The van der Waals surface area contributed by atoms with Gasteiger partial charge >= 0.3 is 12.0 Å². The van der Waals surface area contributed by atoms with E-state index in [9.17, 15) is 19.2 Å². The summed E-state index contributed by atoms with van der Waals surface area (Å²) in [4.78, 5) is 55.0. The van der Waals surface area contributed by atoms with Crippen molar-refractivity contribution in [2.45, 2.75) is 32.4 Å². The van der Waals surface area contributed by atoms with Crippen molar-refractivity contribution in [1.82, 2.24) is 20.5 Å². The Morgan fingerprint density at radius 1 is 1.18 bits per heavy atom. The number of anilines is 1. The predicted molar refractivity (Wildman–Crippen MR) is 144 cm³/mol. The van der Waals surface area contributed by atoms with E-state index in [1.54, 1.807) is 44.2 Å². The van der Waals surface area contributed by atoms with Crippen LogP contribution >= 0.6 is 0 Å². The predicted octanol–water partition coefficient (Wildman–Crippen LogP) is 2.77. The number of nitrogens with one attached hydrogen (secondary N) is 2. The zero-order chi connectivity index (χ0) is 28.4. The van der Waals surface area contributed by atoms with Crippen LogP contribution in [0.15, 0.2) is 40.8 Å². The SMILES string of the molecule is CCOC(=O)C1CCCN(c2ccc3oc(C4NC(=O)NC4=O)cc3n2)C1.COc1ccc2c(c1)C(=O)N(C)C2. The molecule has 0 radical (unpaired) electrons. The first-order chi connectivity index (χ1) is 19.3. The first-order valence-corrected chi connectivity index (χ1v) is 13.1.